The number of hydrogen-bond acceptors (Lipinski definition) is 9. The molecule has 49 heavy (non-hydrogen) atoms. The molecule has 0 aliphatic carbocycles. The molecule has 0 saturated carbocycles. The number of alkyl carbamates (subject to hydrolysis) is 1. The van der Waals surface area contributed by atoms with Crippen LogP contribution in [0.3, 0.4) is 0 Å². The summed E-state index contributed by atoms with van der Waals surface area (Å²) >= 11 is 0. The maximum atomic E-state index is 14.2. The molecule has 1 aliphatic heterocycles. The van der Waals surface area contributed by atoms with Gasteiger partial charge in [0.15, 0.2) is 0 Å². The average Bonchev–Trinajstić information content (AvgIpc) is 3.41. The van der Waals surface area contributed by atoms with Crippen molar-refractivity contribution < 1.29 is 51.3 Å². The van der Waals surface area contributed by atoms with Gasteiger partial charge in [-0.05, 0) is 57.9 Å². The van der Waals surface area contributed by atoms with E-state index in [-0.39, 0.29) is 30.1 Å². The van der Waals surface area contributed by atoms with Crippen molar-refractivity contribution >= 4 is 43.5 Å². The number of carbonyl (C=O) groups is 4. The van der Waals surface area contributed by atoms with Gasteiger partial charge in [-0.25, -0.2) is 19.4 Å². The lowest BCUT2D eigenvalue weighted by Crippen LogP contribution is -2.51. The van der Waals surface area contributed by atoms with E-state index in [9.17, 15) is 32.3 Å². The molecule has 0 radical (unpaired) electrons. The topological polar surface area (TPSA) is 150 Å². The second-order valence-electron chi connectivity index (χ2n) is 13.5. The molecule has 2 N–H and O–H groups in total. The number of carbonyl (C=O) groups excluding carboxylic acids is 4. The van der Waals surface area contributed by atoms with Crippen LogP contribution >= 0.6 is 0 Å². The first-order valence-electron chi connectivity index (χ1n) is 15.5. The predicted octanol–water partition coefficient (Wildman–Crippen LogP) is 6.39. The molecule has 1 aliphatic rings. The first-order valence-corrected chi connectivity index (χ1v) is 19.2. The number of aromatic nitrogens is 2. The Morgan fingerprint density at radius 3 is 2.27 bits per heavy atom. The van der Waals surface area contributed by atoms with Gasteiger partial charge in [0.2, 0.25) is 0 Å². The highest BCUT2D eigenvalue weighted by Crippen LogP contribution is 2.38. The molecule has 1 aromatic carbocycles. The minimum atomic E-state index is -5.41. The summed E-state index contributed by atoms with van der Waals surface area (Å²) in [4.78, 5) is 56.3. The van der Waals surface area contributed by atoms with Gasteiger partial charge in [-0.3, -0.25) is 15.0 Å². The Labute approximate surface area is 284 Å². The van der Waals surface area contributed by atoms with Gasteiger partial charge >= 0.3 is 30.2 Å². The van der Waals surface area contributed by atoms with Crippen molar-refractivity contribution in [3.63, 3.8) is 0 Å². The maximum Gasteiger partial charge on any atom is 0.471 e. The van der Waals surface area contributed by atoms with E-state index in [1.165, 1.54) is 24.4 Å². The van der Waals surface area contributed by atoms with E-state index in [4.69, 9.17) is 19.2 Å². The normalized spacial score (nSPS) is 16.8. The zero-order chi connectivity index (χ0) is 36.7. The molecular formula is C32H44F3N5O8Si. The van der Waals surface area contributed by atoms with Crippen LogP contribution in [0.4, 0.5) is 34.1 Å². The Morgan fingerprint density at radius 2 is 1.67 bits per heavy atom. The number of imidazole rings is 1. The second-order valence-corrected chi connectivity index (χ2v) is 19.1. The average molecular weight is 712 g/mol. The van der Waals surface area contributed by atoms with Crippen molar-refractivity contribution in [1.82, 2.24) is 14.9 Å². The van der Waals surface area contributed by atoms with E-state index >= 15 is 0 Å². The van der Waals surface area contributed by atoms with Crippen LogP contribution in [0.1, 0.15) is 45.5 Å². The number of nitrogens with one attached hydrogen (secondary N) is 2. The monoisotopic (exact) mass is 711 g/mol. The first-order chi connectivity index (χ1) is 22.7. The fraction of sp³-hybridized carbons (Fsp3) is 0.531. The van der Waals surface area contributed by atoms with Gasteiger partial charge in [-0.15, -0.1) is 0 Å². The summed E-state index contributed by atoms with van der Waals surface area (Å²) in [7, 11) is 0.635. The number of alkyl halides is 3. The van der Waals surface area contributed by atoms with Crippen molar-refractivity contribution in [2.75, 3.05) is 31.0 Å². The lowest BCUT2D eigenvalue weighted by Gasteiger charge is -2.32. The molecule has 0 saturated heterocycles. The van der Waals surface area contributed by atoms with Crippen LogP contribution in [0, 0.1) is 0 Å². The molecule has 13 nitrogen and oxygen atoms in total. The van der Waals surface area contributed by atoms with Crippen LogP contribution in [-0.2, 0) is 35.3 Å². The van der Waals surface area contributed by atoms with Crippen molar-refractivity contribution in [2.45, 2.75) is 89.9 Å². The molecule has 0 spiro atoms. The number of amides is 3. The summed E-state index contributed by atoms with van der Waals surface area (Å²) in [6.45, 7) is 12.1. The van der Waals surface area contributed by atoms with Gasteiger partial charge in [-0.1, -0.05) is 31.8 Å². The quantitative estimate of drug-likeness (QED) is 0.104. The number of esters is 1. The SMILES string of the molecule is COC(=O)Nc1ccc2c(c1)N(C(=O)C(F)(F)F)C(C(=O)OC)CC=CC[C@H](NC(=O)OC(C)(C)C)c1nc-2cn1COCC[Si](C)(C)C. The molecule has 3 rings (SSSR count). The van der Waals surface area contributed by atoms with Gasteiger partial charge < -0.3 is 28.8 Å². The molecule has 0 fully saturated rings. The van der Waals surface area contributed by atoms with Crippen LogP contribution in [0.5, 0.6) is 0 Å². The number of methoxy groups -OCH3 is 2. The number of fused-ring (bicyclic) bond motifs is 4. The number of anilines is 2. The minimum absolute atomic E-state index is 0.00425. The lowest BCUT2D eigenvalue weighted by molar-refractivity contribution is -0.172. The van der Waals surface area contributed by atoms with E-state index in [0.29, 0.717) is 17.3 Å². The van der Waals surface area contributed by atoms with E-state index in [1.807, 2.05) is 0 Å². The number of ether oxygens (including phenoxy) is 4. The van der Waals surface area contributed by atoms with Crippen LogP contribution in [-0.4, -0.2) is 80.3 Å². The second kappa shape index (κ2) is 15.9. The van der Waals surface area contributed by atoms with Crippen LogP contribution in [0.25, 0.3) is 11.3 Å². The number of nitrogens with zero attached hydrogens (tertiary/aromatic N) is 3. The van der Waals surface area contributed by atoms with Gasteiger partial charge in [0.1, 0.15) is 24.2 Å². The fourth-order valence-electron chi connectivity index (χ4n) is 4.81. The van der Waals surface area contributed by atoms with Crippen LogP contribution in [0.15, 0.2) is 36.5 Å². The summed E-state index contributed by atoms with van der Waals surface area (Å²) in [5, 5.41) is 5.20. The number of rotatable bonds is 8. The highest BCUT2D eigenvalue weighted by Gasteiger charge is 2.48. The van der Waals surface area contributed by atoms with Gasteiger partial charge in [0, 0.05) is 32.1 Å². The largest absolute Gasteiger partial charge is 0.471 e. The number of benzene rings is 1. The van der Waals surface area contributed by atoms with Gasteiger partial charge in [0.05, 0.1) is 31.6 Å². The summed E-state index contributed by atoms with van der Waals surface area (Å²) in [5.74, 6) is -3.18. The van der Waals surface area contributed by atoms with Crippen molar-refractivity contribution in [3.05, 3.63) is 42.4 Å². The molecule has 1 unspecified atom stereocenters. The van der Waals surface area contributed by atoms with E-state index < -0.39 is 68.1 Å². The van der Waals surface area contributed by atoms with Crippen LogP contribution in [0.2, 0.25) is 25.7 Å². The lowest BCUT2D eigenvalue weighted by atomic mass is 10.0. The molecule has 3 amide bonds. The zero-order valence-corrected chi connectivity index (χ0v) is 29.9. The Balaban J connectivity index is 2.32. The van der Waals surface area contributed by atoms with E-state index in [2.05, 4.69) is 35.0 Å². The molecule has 2 aromatic rings. The maximum absolute atomic E-state index is 14.2. The third kappa shape index (κ3) is 11.1. The molecule has 2 heterocycles. The first kappa shape index (κ1) is 39.1. The molecule has 2 atom stereocenters. The Bertz CT molecular complexity index is 1550. The molecule has 2 bridgehead atoms. The zero-order valence-electron chi connectivity index (χ0n) is 28.9. The standard InChI is InChI=1S/C32H44F3N5O8Si/c1-31(2,3)48-30(44)38-22-11-9-10-12-24(27(41)45-4)40(28(42)32(33,34)35)25-17-20(36-29(43)46-5)13-14-21(25)23-18-39(26(22)37-23)19-47-15-16-49(6,7)8/h9-10,13-14,17-18,22,24H,11-12,15-16,19H2,1-8H3,(H,36,43)(H,38,44)/t22-,24?/m0/s1. The Kier molecular flexibility index (Phi) is 12.7. The number of hydrogen-bond donors (Lipinski definition) is 2. The summed E-state index contributed by atoms with van der Waals surface area (Å²) in [5.41, 5.74) is -1.15. The van der Waals surface area contributed by atoms with Crippen molar-refractivity contribution in [3.8, 4) is 11.3 Å². The van der Waals surface area contributed by atoms with Gasteiger partial charge in [0.25, 0.3) is 0 Å². The molecule has 270 valence electrons. The third-order valence-corrected chi connectivity index (χ3v) is 8.85. The minimum Gasteiger partial charge on any atom is -0.467 e. The van der Waals surface area contributed by atoms with E-state index in [1.54, 1.807) is 31.4 Å². The smallest absolute Gasteiger partial charge is 0.467 e. The predicted molar refractivity (Wildman–Crippen MR) is 178 cm³/mol. The molecule has 17 heteroatoms. The Hall–Kier alpha value is -4.38. The summed E-state index contributed by atoms with van der Waals surface area (Å²) in [6.07, 6.45) is -2.89. The summed E-state index contributed by atoms with van der Waals surface area (Å²) < 4.78 is 65.3. The van der Waals surface area contributed by atoms with Crippen molar-refractivity contribution in [2.24, 2.45) is 0 Å². The molecular weight excluding hydrogens is 667 g/mol. The fourth-order valence-corrected chi connectivity index (χ4v) is 5.57. The van der Waals surface area contributed by atoms with Crippen molar-refractivity contribution in [1.29, 1.82) is 0 Å². The highest BCUT2D eigenvalue weighted by atomic mass is 28.3. The van der Waals surface area contributed by atoms with Gasteiger partial charge in [-0.2, -0.15) is 13.2 Å². The van der Waals surface area contributed by atoms with E-state index in [0.717, 1.165) is 26.3 Å². The third-order valence-electron chi connectivity index (χ3n) is 7.15. The summed E-state index contributed by atoms with van der Waals surface area (Å²) in [6, 6.07) is 2.10. The van der Waals surface area contributed by atoms with Crippen LogP contribution < -0.4 is 15.5 Å². The molecule has 1 aromatic heterocycles. The Morgan fingerprint density at radius 1 is 1.00 bits per heavy atom. The number of halogens is 3. The highest BCUT2D eigenvalue weighted by molar-refractivity contribution is 6.76.